The van der Waals surface area contributed by atoms with E-state index in [1.807, 2.05) is 6.92 Å². The summed E-state index contributed by atoms with van der Waals surface area (Å²) in [5.74, 6) is -3.98. The summed E-state index contributed by atoms with van der Waals surface area (Å²) in [7, 11) is 0. The lowest BCUT2D eigenvalue weighted by Crippen LogP contribution is -2.72. The molecule has 0 aromatic heterocycles. The van der Waals surface area contributed by atoms with E-state index in [-0.39, 0.29) is 43.6 Å². The van der Waals surface area contributed by atoms with Crippen molar-refractivity contribution in [3.05, 3.63) is 11.6 Å². The Morgan fingerprint density at radius 1 is 0.820 bits per heavy atom. The summed E-state index contributed by atoms with van der Waals surface area (Å²) >= 11 is 0. The van der Waals surface area contributed by atoms with Crippen molar-refractivity contribution in [1.82, 2.24) is 0 Å². The van der Waals surface area contributed by atoms with Gasteiger partial charge >= 0.3 is 5.97 Å². The van der Waals surface area contributed by atoms with Gasteiger partial charge in [0.1, 0.15) is 67.8 Å². The second-order valence-corrected chi connectivity index (χ2v) is 19.4. The third-order valence-corrected chi connectivity index (χ3v) is 16.3. The third-order valence-electron chi connectivity index (χ3n) is 16.3. The highest BCUT2D eigenvalue weighted by Gasteiger charge is 2.72. The minimum absolute atomic E-state index is 0.0118. The second-order valence-electron chi connectivity index (χ2n) is 19.4. The Bertz CT molecular complexity index is 1700. The van der Waals surface area contributed by atoms with E-state index < -0.39 is 146 Å². The Balaban J connectivity index is 0.900. The molecular formula is C41H60O20. The predicted octanol–water partition coefficient (Wildman–Crippen LogP) is -3.38. The van der Waals surface area contributed by atoms with Crippen LogP contribution in [-0.4, -0.2) is 193 Å². The van der Waals surface area contributed by atoms with Crippen molar-refractivity contribution in [3.63, 3.8) is 0 Å². The normalized spacial score (nSPS) is 56.8. The van der Waals surface area contributed by atoms with Crippen molar-refractivity contribution >= 4 is 12.3 Å². The van der Waals surface area contributed by atoms with Crippen molar-refractivity contribution in [1.29, 1.82) is 0 Å². The number of aliphatic hydroxyl groups is 10. The molecular weight excluding hydrogens is 812 g/mol. The molecule has 0 unspecified atom stereocenters. The smallest absolute Gasteiger partial charge is 0.331 e. The SMILES string of the molecule is C[C@@H]1C[C@H](O[C@@H]2O[C@H](CO[C@@H]3O[C@H](CO)[C@@H](O)[C@H](O)[C@H]3O)[C@@H](O)[C@H](O)[C@H]2O)[C@]2(O)O[C@@H]3C[C@@H]4CC[C@@H]5[C@H](CC[C@]6(C)[C@@H](C7=CC(=O)OC7)[C@H](O)C[C@]56O)[C@@]4(C=O)C[C@H]3O[C@@H]2O1. The zero-order chi connectivity index (χ0) is 43.6. The first-order valence-corrected chi connectivity index (χ1v) is 21.6. The molecule has 10 N–H and O–H groups in total. The fourth-order valence-corrected chi connectivity index (χ4v) is 13.1. The van der Waals surface area contributed by atoms with Crippen LogP contribution in [0.1, 0.15) is 65.2 Å². The fourth-order valence-electron chi connectivity index (χ4n) is 13.1. The van der Waals surface area contributed by atoms with Crippen LogP contribution in [0.3, 0.4) is 0 Å². The molecule has 4 saturated heterocycles. The number of hydrogen-bond acceptors (Lipinski definition) is 20. The number of aliphatic hydroxyl groups excluding tert-OH is 8. The maximum absolute atomic E-state index is 13.6. The van der Waals surface area contributed by atoms with E-state index in [2.05, 4.69) is 0 Å². The van der Waals surface area contributed by atoms with E-state index in [0.717, 1.165) is 6.29 Å². The molecule has 24 atom stereocenters. The van der Waals surface area contributed by atoms with Crippen LogP contribution in [0.25, 0.3) is 0 Å². The van der Waals surface area contributed by atoms with Crippen LogP contribution in [0.15, 0.2) is 11.6 Å². The van der Waals surface area contributed by atoms with E-state index in [1.165, 1.54) is 6.08 Å². The van der Waals surface area contributed by atoms with Gasteiger partial charge in [0.2, 0.25) is 12.1 Å². The minimum Gasteiger partial charge on any atom is -0.458 e. The van der Waals surface area contributed by atoms with Crippen molar-refractivity contribution in [3.8, 4) is 0 Å². The molecule has 5 heterocycles. The first-order valence-electron chi connectivity index (χ1n) is 21.6. The van der Waals surface area contributed by atoms with Crippen molar-refractivity contribution in [2.45, 2.75) is 175 Å². The summed E-state index contributed by atoms with van der Waals surface area (Å²) in [5, 5.41) is 109. The lowest BCUT2D eigenvalue weighted by Gasteiger charge is -2.64. The first-order chi connectivity index (χ1) is 28.9. The van der Waals surface area contributed by atoms with Crippen LogP contribution in [0.4, 0.5) is 0 Å². The number of fused-ring (bicyclic) bond motifs is 7. The maximum Gasteiger partial charge on any atom is 0.331 e. The summed E-state index contributed by atoms with van der Waals surface area (Å²) in [4.78, 5) is 25.6. The molecule has 20 heteroatoms. The van der Waals surface area contributed by atoms with Gasteiger partial charge in [0.25, 0.3) is 0 Å². The van der Waals surface area contributed by atoms with E-state index in [4.69, 9.17) is 37.9 Å². The van der Waals surface area contributed by atoms with E-state index in [1.54, 1.807) is 6.92 Å². The van der Waals surface area contributed by atoms with Crippen molar-refractivity contribution in [2.75, 3.05) is 19.8 Å². The molecule has 8 fully saturated rings. The van der Waals surface area contributed by atoms with Crippen LogP contribution in [0.5, 0.6) is 0 Å². The van der Waals surface area contributed by atoms with Crippen LogP contribution < -0.4 is 0 Å². The van der Waals surface area contributed by atoms with E-state index >= 15 is 0 Å². The minimum atomic E-state index is -2.27. The Morgan fingerprint density at radius 3 is 2.21 bits per heavy atom. The van der Waals surface area contributed by atoms with Gasteiger partial charge < -0.3 is 93.8 Å². The summed E-state index contributed by atoms with van der Waals surface area (Å²) in [6, 6.07) is 0. The third kappa shape index (κ3) is 6.82. The molecule has 61 heavy (non-hydrogen) atoms. The predicted molar refractivity (Wildman–Crippen MR) is 198 cm³/mol. The van der Waals surface area contributed by atoms with Gasteiger partial charge in [0.15, 0.2) is 12.6 Å². The lowest BCUT2D eigenvalue weighted by molar-refractivity contribution is -0.471. The molecule has 9 rings (SSSR count). The van der Waals surface area contributed by atoms with Gasteiger partial charge in [-0.3, -0.25) is 0 Å². The highest BCUT2D eigenvalue weighted by atomic mass is 16.8. The van der Waals surface area contributed by atoms with Crippen molar-refractivity contribution in [2.24, 2.45) is 34.5 Å². The average molecular weight is 873 g/mol. The molecule has 20 nitrogen and oxygen atoms in total. The summed E-state index contributed by atoms with van der Waals surface area (Å²) in [5.41, 5.74) is -2.32. The number of aldehydes is 1. The van der Waals surface area contributed by atoms with Gasteiger partial charge in [-0.25, -0.2) is 4.79 Å². The van der Waals surface area contributed by atoms with Gasteiger partial charge in [-0.2, -0.15) is 0 Å². The number of carbonyl (C=O) groups is 2. The van der Waals surface area contributed by atoms with Gasteiger partial charge in [-0.1, -0.05) is 6.92 Å². The molecule has 4 aliphatic carbocycles. The highest BCUT2D eigenvalue weighted by molar-refractivity contribution is 5.85. The van der Waals surface area contributed by atoms with Crippen LogP contribution in [0, 0.1) is 34.5 Å². The number of ether oxygens (including phenoxy) is 8. The molecule has 4 saturated carbocycles. The zero-order valence-electron chi connectivity index (χ0n) is 34.0. The Morgan fingerprint density at radius 2 is 1.52 bits per heavy atom. The molecule has 0 radical (unpaired) electrons. The number of cyclic esters (lactones) is 1. The van der Waals surface area contributed by atoms with Gasteiger partial charge in [0, 0.05) is 35.7 Å². The quantitative estimate of drug-likeness (QED) is 0.0646. The summed E-state index contributed by atoms with van der Waals surface area (Å²) < 4.78 is 47.3. The molecule has 0 bridgehead atoms. The van der Waals surface area contributed by atoms with Gasteiger partial charge in [-0.15, -0.1) is 0 Å². The van der Waals surface area contributed by atoms with E-state index in [0.29, 0.717) is 37.7 Å². The molecule has 344 valence electrons. The second kappa shape index (κ2) is 16.0. The largest absolute Gasteiger partial charge is 0.458 e. The topological polar surface area (TPSA) is 310 Å². The molecule has 0 spiro atoms. The molecule has 9 aliphatic rings. The van der Waals surface area contributed by atoms with E-state index in [9.17, 15) is 60.7 Å². The summed E-state index contributed by atoms with van der Waals surface area (Å²) in [6.45, 7) is 2.47. The molecule has 5 aliphatic heterocycles. The summed E-state index contributed by atoms with van der Waals surface area (Å²) in [6.07, 6.45) is -16.8. The maximum atomic E-state index is 13.6. The van der Waals surface area contributed by atoms with Crippen LogP contribution >= 0.6 is 0 Å². The monoisotopic (exact) mass is 872 g/mol. The Hall–Kier alpha value is -1.80. The zero-order valence-corrected chi connectivity index (χ0v) is 34.0. The molecule has 0 amide bonds. The number of esters is 1. The number of rotatable bonds is 8. The highest BCUT2D eigenvalue weighted by Crippen LogP contribution is 2.70. The number of hydrogen-bond donors (Lipinski definition) is 10. The number of carbonyl (C=O) groups excluding carboxylic acids is 2. The standard InChI is InChI=1S/C41H60O20/c1-16-7-26(60-36-34(51)32(49)30(47)25(58-36)14-55-35-33(50)31(48)29(46)24(12-42)57-35)41(53)37(56-16)59-23-11-39(15-43)18(9-22(23)61-41)3-4-20-19(39)5-6-38(2)28(17-8-27(45)54-13-17)21(44)10-40(20,38)52/h8,15-16,18-26,28-37,42,44,46-53H,3-7,9-14H2,1-2H3/t16-,18+,19+,20-,21-,22-,23-,24-,25-,26+,28+,29-,30-,31+,32+,33-,34-,35-,36+,37+,38-,39-,40+,41+/m1/s1. The van der Waals surface area contributed by atoms with Crippen LogP contribution in [-0.2, 0) is 47.5 Å². The average Bonchev–Trinajstić information content (AvgIpc) is 3.74. The van der Waals surface area contributed by atoms with Crippen LogP contribution in [0.2, 0.25) is 0 Å². The van der Waals surface area contributed by atoms with Gasteiger partial charge in [-0.05, 0) is 68.8 Å². The fraction of sp³-hybridized carbons (Fsp3) is 0.902. The molecule has 0 aromatic rings. The Labute approximate surface area is 351 Å². The first kappa shape index (κ1) is 44.4. The van der Waals surface area contributed by atoms with Crippen molar-refractivity contribution < 1.29 is 98.5 Å². The Kier molecular flexibility index (Phi) is 11.6. The molecule has 0 aromatic carbocycles. The lowest BCUT2D eigenvalue weighted by atomic mass is 9.42. The van der Waals surface area contributed by atoms with Gasteiger partial charge in [0.05, 0.1) is 43.2 Å².